The number of carbonyl (C=O) groups excluding carboxylic acids is 1. The highest BCUT2D eigenvalue weighted by Crippen LogP contribution is 2.22. The Kier molecular flexibility index (Phi) is 3.83. The Balaban J connectivity index is 1.75. The van der Waals surface area contributed by atoms with Gasteiger partial charge in [0, 0.05) is 11.3 Å². The summed E-state index contributed by atoms with van der Waals surface area (Å²) in [6.07, 6.45) is 0. The van der Waals surface area contributed by atoms with Gasteiger partial charge in [0.1, 0.15) is 5.75 Å². The van der Waals surface area contributed by atoms with Crippen LogP contribution in [0, 0.1) is 0 Å². The van der Waals surface area contributed by atoms with E-state index in [1.54, 1.807) is 41.1 Å². The zero-order valence-electron chi connectivity index (χ0n) is 11.5. The van der Waals surface area contributed by atoms with Crippen LogP contribution in [0.5, 0.6) is 5.75 Å². The predicted molar refractivity (Wildman–Crippen MR) is 85.2 cm³/mol. The molecule has 1 amide bonds. The van der Waals surface area contributed by atoms with E-state index < -0.39 is 0 Å². The van der Waals surface area contributed by atoms with Gasteiger partial charge in [-0.1, -0.05) is 0 Å². The van der Waals surface area contributed by atoms with Gasteiger partial charge in [-0.3, -0.25) is 4.79 Å². The third kappa shape index (κ3) is 3.03. The summed E-state index contributed by atoms with van der Waals surface area (Å²) in [7, 11) is 0. The fourth-order valence-electron chi connectivity index (χ4n) is 2.01. The number of amides is 1. The van der Waals surface area contributed by atoms with Crippen molar-refractivity contribution in [2.24, 2.45) is 0 Å². The van der Waals surface area contributed by atoms with Crippen molar-refractivity contribution in [3.8, 4) is 5.75 Å². The van der Waals surface area contributed by atoms with Crippen LogP contribution in [0.1, 0.15) is 17.3 Å². The molecular formula is C16H14N2O2S. The van der Waals surface area contributed by atoms with E-state index in [1.165, 1.54) is 0 Å². The maximum Gasteiger partial charge on any atom is 0.255 e. The van der Waals surface area contributed by atoms with Crippen LogP contribution in [-0.2, 0) is 0 Å². The van der Waals surface area contributed by atoms with Gasteiger partial charge in [0.2, 0.25) is 0 Å². The normalized spacial score (nSPS) is 10.5. The van der Waals surface area contributed by atoms with E-state index in [9.17, 15) is 4.79 Å². The Morgan fingerprint density at radius 3 is 2.81 bits per heavy atom. The number of hydrogen-bond donors (Lipinski definition) is 1. The molecule has 0 aliphatic carbocycles. The van der Waals surface area contributed by atoms with Crippen LogP contribution >= 0.6 is 11.3 Å². The summed E-state index contributed by atoms with van der Waals surface area (Å²) < 4.78 is 6.42. The molecular weight excluding hydrogens is 284 g/mol. The highest BCUT2D eigenvalue weighted by atomic mass is 32.1. The van der Waals surface area contributed by atoms with Gasteiger partial charge in [-0.25, -0.2) is 4.98 Å². The first kappa shape index (κ1) is 13.6. The molecule has 5 heteroatoms. The molecule has 0 aliphatic heterocycles. The molecule has 0 atom stereocenters. The Labute approximate surface area is 126 Å². The van der Waals surface area contributed by atoms with Crippen LogP contribution in [0.2, 0.25) is 0 Å². The molecule has 0 radical (unpaired) electrons. The number of ether oxygens (including phenoxy) is 1. The third-order valence-electron chi connectivity index (χ3n) is 3.02. The SMILES string of the molecule is CCOc1ccc(C(=O)Nc2ccc3ncsc3c2)cc1. The number of thiazole rings is 1. The van der Waals surface area contributed by atoms with Crippen molar-refractivity contribution in [2.75, 3.05) is 11.9 Å². The molecule has 2 aromatic carbocycles. The molecule has 1 heterocycles. The lowest BCUT2D eigenvalue weighted by molar-refractivity contribution is 0.102. The zero-order chi connectivity index (χ0) is 14.7. The summed E-state index contributed by atoms with van der Waals surface area (Å²) in [5, 5.41) is 2.89. The van der Waals surface area contributed by atoms with E-state index in [1.807, 2.05) is 25.1 Å². The minimum atomic E-state index is -0.137. The first-order valence-electron chi connectivity index (χ1n) is 6.64. The second-order valence-corrected chi connectivity index (χ2v) is 5.33. The Bertz CT molecular complexity index is 765. The first-order chi connectivity index (χ1) is 10.3. The third-order valence-corrected chi connectivity index (χ3v) is 3.81. The second-order valence-electron chi connectivity index (χ2n) is 4.45. The number of nitrogens with zero attached hydrogens (tertiary/aromatic N) is 1. The Morgan fingerprint density at radius 1 is 1.24 bits per heavy atom. The maximum atomic E-state index is 12.2. The molecule has 21 heavy (non-hydrogen) atoms. The van der Waals surface area contributed by atoms with Crippen LogP contribution in [-0.4, -0.2) is 17.5 Å². The van der Waals surface area contributed by atoms with Crippen LogP contribution in [0.4, 0.5) is 5.69 Å². The van der Waals surface area contributed by atoms with Crippen LogP contribution in [0.25, 0.3) is 10.2 Å². The quantitative estimate of drug-likeness (QED) is 0.793. The lowest BCUT2D eigenvalue weighted by atomic mass is 10.2. The second kappa shape index (κ2) is 5.93. The van der Waals surface area contributed by atoms with Gasteiger partial charge in [-0.05, 0) is 49.4 Å². The van der Waals surface area contributed by atoms with E-state index in [2.05, 4.69) is 10.3 Å². The molecule has 3 aromatic rings. The molecule has 0 saturated carbocycles. The van der Waals surface area contributed by atoms with Gasteiger partial charge in [-0.15, -0.1) is 11.3 Å². The highest BCUT2D eigenvalue weighted by Gasteiger charge is 2.07. The molecule has 0 unspecified atom stereocenters. The predicted octanol–water partition coefficient (Wildman–Crippen LogP) is 3.95. The summed E-state index contributed by atoms with van der Waals surface area (Å²) in [6, 6.07) is 12.8. The van der Waals surface area contributed by atoms with Crippen molar-refractivity contribution in [3.05, 3.63) is 53.5 Å². The summed E-state index contributed by atoms with van der Waals surface area (Å²) >= 11 is 1.55. The molecule has 0 bridgehead atoms. The van der Waals surface area contributed by atoms with Crippen molar-refractivity contribution >= 4 is 33.1 Å². The van der Waals surface area contributed by atoms with Crippen molar-refractivity contribution in [3.63, 3.8) is 0 Å². The molecule has 106 valence electrons. The minimum absolute atomic E-state index is 0.137. The van der Waals surface area contributed by atoms with Crippen molar-refractivity contribution in [2.45, 2.75) is 6.92 Å². The molecule has 1 aromatic heterocycles. The van der Waals surface area contributed by atoms with Crippen LogP contribution in [0.3, 0.4) is 0 Å². The highest BCUT2D eigenvalue weighted by molar-refractivity contribution is 7.16. The van der Waals surface area contributed by atoms with Gasteiger partial charge in [0.15, 0.2) is 0 Å². The number of fused-ring (bicyclic) bond motifs is 1. The molecule has 0 spiro atoms. The summed E-state index contributed by atoms with van der Waals surface area (Å²) in [6.45, 7) is 2.54. The summed E-state index contributed by atoms with van der Waals surface area (Å²) in [4.78, 5) is 16.4. The van der Waals surface area contributed by atoms with Crippen LogP contribution in [0.15, 0.2) is 48.0 Å². The van der Waals surface area contributed by atoms with Gasteiger partial charge < -0.3 is 10.1 Å². The Hall–Kier alpha value is -2.40. The number of anilines is 1. The lowest BCUT2D eigenvalue weighted by Crippen LogP contribution is -2.11. The number of benzene rings is 2. The largest absolute Gasteiger partial charge is 0.494 e. The molecule has 3 rings (SSSR count). The molecule has 0 aliphatic rings. The molecule has 0 saturated heterocycles. The summed E-state index contributed by atoms with van der Waals surface area (Å²) in [5.74, 6) is 0.627. The zero-order valence-corrected chi connectivity index (χ0v) is 12.3. The van der Waals surface area contributed by atoms with Gasteiger partial charge in [-0.2, -0.15) is 0 Å². The number of nitrogens with one attached hydrogen (secondary N) is 1. The Morgan fingerprint density at radius 2 is 2.05 bits per heavy atom. The van der Waals surface area contributed by atoms with E-state index in [4.69, 9.17) is 4.74 Å². The van der Waals surface area contributed by atoms with Crippen molar-refractivity contribution in [1.82, 2.24) is 4.98 Å². The average Bonchev–Trinajstić information content (AvgIpc) is 2.96. The fourth-order valence-corrected chi connectivity index (χ4v) is 2.72. The van der Waals surface area contributed by atoms with Gasteiger partial charge in [0.25, 0.3) is 5.91 Å². The number of aromatic nitrogens is 1. The molecule has 4 nitrogen and oxygen atoms in total. The topological polar surface area (TPSA) is 51.2 Å². The number of hydrogen-bond acceptors (Lipinski definition) is 4. The van der Waals surface area contributed by atoms with E-state index >= 15 is 0 Å². The molecule has 1 N–H and O–H groups in total. The van der Waals surface area contributed by atoms with Gasteiger partial charge in [0.05, 0.1) is 22.3 Å². The van der Waals surface area contributed by atoms with E-state index in [0.29, 0.717) is 12.2 Å². The average molecular weight is 298 g/mol. The molecule has 0 fully saturated rings. The van der Waals surface area contributed by atoms with E-state index in [0.717, 1.165) is 21.7 Å². The number of carbonyl (C=O) groups is 1. The fraction of sp³-hybridized carbons (Fsp3) is 0.125. The number of rotatable bonds is 4. The standard InChI is InChI=1S/C16H14N2O2S/c1-2-20-13-6-3-11(4-7-13)16(19)18-12-5-8-14-15(9-12)21-10-17-14/h3-10H,2H2,1H3,(H,18,19). The van der Waals surface area contributed by atoms with Crippen molar-refractivity contribution < 1.29 is 9.53 Å². The van der Waals surface area contributed by atoms with Crippen LogP contribution < -0.4 is 10.1 Å². The summed E-state index contributed by atoms with van der Waals surface area (Å²) in [5.41, 5.74) is 4.11. The first-order valence-corrected chi connectivity index (χ1v) is 7.51. The smallest absolute Gasteiger partial charge is 0.255 e. The van der Waals surface area contributed by atoms with Crippen molar-refractivity contribution in [1.29, 1.82) is 0 Å². The van der Waals surface area contributed by atoms with Gasteiger partial charge >= 0.3 is 0 Å². The monoisotopic (exact) mass is 298 g/mol. The lowest BCUT2D eigenvalue weighted by Gasteiger charge is -2.07. The van der Waals surface area contributed by atoms with E-state index in [-0.39, 0.29) is 5.91 Å². The maximum absolute atomic E-state index is 12.2. The minimum Gasteiger partial charge on any atom is -0.494 e.